The van der Waals surface area contributed by atoms with Gasteiger partial charge in [-0.2, -0.15) is 0 Å². The molecule has 1 fully saturated rings. The van der Waals surface area contributed by atoms with Crippen molar-refractivity contribution in [3.63, 3.8) is 0 Å². The van der Waals surface area contributed by atoms with Crippen LogP contribution in [0.3, 0.4) is 0 Å². The quantitative estimate of drug-likeness (QED) is 0.866. The molecule has 0 heterocycles. The molecule has 0 aliphatic heterocycles. The third-order valence-electron chi connectivity index (χ3n) is 3.31. The van der Waals surface area contributed by atoms with Crippen molar-refractivity contribution in [1.82, 2.24) is 0 Å². The number of halogens is 1. The van der Waals surface area contributed by atoms with Crippen LogP contribution in [0.15, 0.2) is 28.7 Å². The Balaban J connectivity index is 2.18. The van der Waals surface area contributed by atoms with Gasteiger partial charge in [-0.1, -0.05) is 34.1 Å². The molecule has 2 atom stereocenters. The van der Waals surface area contributed by atoms with Gasteiger partial charge in [0.25, 0.3) is 0 Å². The van der Waals surface area contributed by atoms with Crippen LogP contribution in [0.2, 0.25) is 0 Å². The Morgan fingerprint density at radius 3 is 2.80 bits per heavy atom. The molecule has 0 amide bonds. The summed E-state index contributed by atoms with van der Waals surface area (Å²) < 4.78 is 1.14. The summed E-state index contributed by atoms with van der Waals surface area (Å²) in [4.78, 5) is 0. The van der Waals surface area contributed by atoms with Crippen molar-refractivity contribution < 1.29 is 5.11 Å². The average molecular weight is 270 g/mol. The lowest BCUT2D eigenvalue weighted by molar-refractivity contribution is 0.0554. The lowest BCUT2D eigenvalue weighted by Crippen LogP contribution is -2.34. The highest BCUT2D eigenvalue weighted by atomic mass is 79.9. The minimum atomic E-state index is -0.639. The summed E-state index contributed by atoms with van der Waals surface area (Å²) in [5.74, 6) is 0.439. The normalized spacial score (nSPS) is 30.7. The first-order chi connectivity index (χ1) is 7.14. The highest BCUT2D eigenvalue weighted by molar-refractivity contribution is 9.10. The van der Waals surface area contributed by atoms with Crippen LogP contribution >= 0.6 is 15.9 Å². The number of hydrogen-bond donors (Lipinski definition) is 2. The van der Waals surface area contributed by atoms with E-state index in [0.29, 0.717) is 12.5 Å². The monoisotopic (exact) mass is 269 g/mol. The standard InChI is InChI=1S/C12H16BrNO/c13-11-4-2-1-3-10(11)9-5-6-12(15,7-9)8-14/h1-4,9,15H,5-8,14H2. The van der Waals surface area contributed by atoms with E-state index in [0.717, 1.165) is 23.7 Å². The molecule has 15 heavy (non-hydrogen) atoms. The molecule has 0 radical (unpaired) electrons. The summed E-state index contributed by atoms with van der Waals surface area (Å²) in [6.07, 6.45) is 2.62. The molecule has 1 aliphatic rings. The molecule has 1 aromatic rings. The molecule has 1 aliphatic carbocycles. The number of aliphatic hydroxyl groups is 1. The Kier molecular flexibility index (Phi) is 3.14. The molecule has 82 valence electrons. The molecule has 2 unspecified atom stereocenters. The average Bonchev–Trinajstić information content (AvgIpc) is 2.63. The summed E-state index contributed by atoms with van der Waals surface area (Å²) >= 11 is 3.55. The second-order valence-electron chi connectivity index (χ2n) is 4.39. The first-order valence-electron chi connectivity index (χ1n) is 5.31. The van der Waals surface area contributed by atoms with Crippen LogP contribution < -0.4 is 5.73 Å². The predicted molar refractivity (Wildman–Crippen MR) is 64.7 cm³/mol. The van der Waals surface area contributed by atoms with Crippen molar-refractivity contribution in [1.29, 1.82) is 0 Å². The molecule has 0 aromatic heterocycles. The Bertz CT molecular complexity index is 355. The molecule has 0 bridgehead atoms. The van der Waals surface area contributed by atoms with E-state index in [4.69, 9.17) is 5.73 Å². The molecule has 1 aromatic carbocycles. The molecule has 1 saturated carbocycles. The fraction of sp³-hybridized carbons (Fsp3) is 0.500. The maximum absolute atomic E-state index is 10.1. The summed E-state index contributed by atoms with van der Waals surface area (Å²) in [5, 5.41) is 10.1. The van der Waals surface area contributed by atoms with E-state index >= 15 is 0 Å². The zero-order valence-corrected chi connectivity index (χ0v) is 10.2. The van der Waals surface area contributed by atoms with Gasteiger partial charge in [0, 0.05) is 11.0 Å². The van der Waals surface area contributed by atoms with Gasteiger partial charge in [-0.05, 0) is 36.8 Å². The van der Waals surface area contributed by atoms with Crippen molar-refractivity contribution in [2.75, 3.05) is 6.54 Å². The largest absolute Gasteiger partial charge is 0.389 e. The van der Waals surface area contributed by atoms with Crippen molar-refractivity contribution in [3.8, 4) is 0 Å². The number of nitrogens with two attached hydrogens (primary N) is 1. The first kappa shape index (κ1) is 11.1. The summed E-state index contributed by atoms with van der Waals surface area (Å²) in [6, 6.07) is 8.23. The minimum absolute atomic E-state index is 0.369. The lowest BCUT2D eigenvalue weighted by Gasteiger charge is -2.20. The van der Waals surface area contributed by atoms with Crippen LogP contribution in [0.5, 0.6) is 0 Å². The minimum Gasteiger partial charge on any atom is -0.389 e. The van der Waals surface area contributed by atoms with Gasteiger partial charge in [-0.25, -0.2) is 0 Å². The number of hydrogen-bond acceptors (Lipinski definition) is 2. The second kappa shape index (κ2) is 4.24. The van der Waals surface area contributed by atoms with Crippen LogP contribution in [0.1, 0.15) is 30.7 Å². The highest BCUT2D eigenvalue weighted by Gasteiger charge is 2.37. The van der Waals surface area contributed by atoms with E-state index in [-0.39, 0.29) is 0 Å². The first-order valence-corrected chi connectivity index (χ1v) is 6.11. The fourth-order valence-corrected chi connectivity index (χ4v) is 2.97. The highest BCUT2D eigenvalue weighted by Crippen LogP contribution is 2.42. The SMILES string of the molecule is NCC1(O)CCC(c2ccccc2Br)C1. The van der Waals surface area contributed by atoms with Crippen molar-refractivity contribution >= 4 is 15.9 Å². The van der Waals surface area contributed by atoms with Gasteiger partial charge >= 0.3 is 0 Å². The van der Waals surface area contributed by atoms with Gasteiger partial charge in [0.1, 0.15) is 0 Å². The molecule has 0 spiro atoms. The van der Waals surface area contributed by atoms with Crippen LogP contribution in [-0.2, 0) is 0 Å². The third kappa shape index (κ3) is 2.25. The number of rotatable bonds is 2. The second-order valence-corrected chi connectivity index (χ2v) is 5.24. The van der Waals surface area contributed by atoms with Gasteiger partial charge < -0.3 is 10.8 Å². The van der Waals surface area contributed by atoms with Crippen LogP contribution in [0.25, 0.3) is 0 Å². The maximum Gasteiger partial charge on any atom is 0.0775 e. The third-order valence-corrected chi connectivity index (χ3v) is 4.03. The Hall–Kier alpha value is -0.380. The Morgan fingerprint density at radius 1 is 1.47 bits per heavy atom. The lowest BCUT2D eigenvalue weighted by atomic mass is 9.95. The maximum atomic E-state index is 10.1. The van der Waals surface area contributed by atoms with E-state index in [2.05, 4.69) is 28.1 Å². The van der Waals surface area contributed by atoms with Crippen molar-refractivity contribution in [2.24, 2.45) is 5.73 Å². The predicted octanol–water partition coefficient (Wildman–Crippen LogP) is 2.41. The zero-order chi connectivity index (χ0) is 10.9. The summed E-state index contributed by atoms with van der Waals surface area (Å²) in [5.41, 5.74) is 6.24. The van der Waals surface area contributed by atoms with Gasteiger partial charge in [-0.3, -0.25) is 0 Å². The van der Waals surface area contributed by atoms with E-state index < -0.39 is 5.60 Å². The molecule has 0 saturated heterocycles. The zero-order valence-electron chi connectivity index (χ0n) is 8.62. The van der Waals surface area contributed by atoms with E-state index in [9.17, 15) is 5.11 Å². The van der Waals surface area contributed by atoms with E-state index in [1.165, 1.54) is 5.56 Å². The Labute approximate surface area is 98.6 Å². The van der Waals surface area contributed by atoms with E-state index in [1.807, 2.05) is 12.1 Å². The van der Waals surface area contributed by atoms with Gasteiger partial charge in [-0.15, -0.1) is 0 Å². The summed E-state index contributed by atoms with van der Waals surface area (Å²) in [7, 11) is 0. The number of benzene rings is 1. The van der Waals surface area contributed by atoms with Gasteiger partial charge in [0.2, 0.25) is 0 Å². The topological polar surface area (TPSA) is 46.2 Å². The molecule has 3 N–H and O–H groups in total. The van der Waals surface area contributed by atoms with Crippen molar-refractivity contribution in [2.45, 2.75) is 30.8 Å². The molecule has 3 heteroatoms. The van der Waals surface area contributed by atoms with Crippen LogP contribution in [0.4, 0.5) is 0 Å². The Morgan fingerprint density at radius 2 is 2.20 bits per heavy atom. The molecule has 2 nitrogen and oxygen atoms in total. The van der Waals surface area contributed by atoms with Crippen LogP contribution in [-0.4, -0.2) is 17.3 Å². The fourth-order valence-electron chi connectivity index (χ4n) is 2.36. The smallest absolute Gasteiger partial charge is 0.0775 e. The molecule has 2 rings (SSSR count). The van der Waals surface area contributed by atoms with Gasteiger partial charge in [0.15, 0.2) is 0 Å². The van der Waals surface area contributed by atoms with Gasteiger partial charge in [0.05, 0.1) is 5.60 Å². The van der Waals surface area contributed by atoms with E-state index in [1.54, 1.807) is 0 Å². The van der Waals surface area contributed by atoms with Crippen molar-refractivity contribution in [3.05, 3.63) is 34.3 Å². The molecular formula is C12H16BrNO. The van der Waals surface area contributed by atoms with Crippen LogP contribution in [0, 0.1) is 0 Å². The summed E-state index contributed by atoms with van der Waals surface area (Å²) in [6.45, 7) is 0.369. The molecular weight excluding hydrogens is 254 g/mol.